The van der Waals surface area contributed by atoms with Crippen LogP contribution in [0.25, 0.3) is 0 Å². The molecule has 0 aliphatic carbocycles. The number of carbonyl (C=O) groups excluding carboxylic acids is 1. The number of ether oxygens (including phenoxy) is 1. The lowest BCUT2D eigenvalue weighted by Crippen LogP contribution is -2.12. The number of nitrogen functional groups attached to an aromatic ring is 1. The van der Waals surface area contributed by atoms with E-state index in [4.69, 9.17) is 10.5 Å². The minimum absolute atomic E-state index is 0.134. The fourth-order valence-corrected chi connectivity index (χ4v) is 1.36. The maximum atomic E-state index is 13.4. The molecule has 0 saturated heterocycles. The summed E-state index contributed by atoms with van der Waals surface area (Å²) < 4.78 is 18.2. The minimum Gasteiger partial charge on any atom is -0.462 e. The van der Waals surface area contributed by atoms with E-state index in [1.165, 1.54) is 13.0 Å². The van der Waals surface area contributed by atoms with E-state index in [-0.39, 0.29) is 23.4 Å². The minimum atomic E-state index is -0.574. The average molecular weight is 211 g/mol. The molecule has 4 heteroatoms. The number of hydrogen-bond donors (Lipinski definition) is 1. The summed E-state index contributed by atoms with van der Waals surface area (Å²) in [7, 11) is 0. The van der Waals surface area contributed by atoms with Gasteiger partial charge >= 0.3 is 5.97 Å². The number of carbonyl (C=O) groups is 1. The molecule has 0 radical (unpaired) electrons. The highest BCUT2D eigenvalue weighted by Gasteiger charge is 2.18. The Hall–Kier alpha value is -1.58. The van der Waals surface area contributed by atoms with Crippen LogP contribution in [0.3, 0.4) is 0 Å². The van der Waals surface area contributed by atoms with Crippen molar-refractivity contribution in [1.82, 2.24) is 0 Å². The number of halogens is 1. The van der Waals surface area contributed by atoms with Gasteiger partial charge in [-0.05, 0) is 32.4 Å². The van der Waals surface area contributed by atoms with Crippen molar-refractivity contribution in [2.24, 2.45) is 0 Å². The van der Waals surface area contributed by atoms with Gasteiger partial charge in [0.25, 0.3) is 0 Å². The number of aryl methyl sites for hydroxylation is 1. The van der Waals surface area contributed by atoms with E-state index in [0.29, 0.717) is 5.56 Å². The van der Waals surface area contributed by atoms with Crippen molar-refractivity contribution in [3.8, 4) is 0 Å². The molecule has 0 saturated carbocycles. The second kappa shape index (κ2) is 4.29. The molecule has 1 aromatic carbocycles. The summed E-state index contributed by atoms with van der Waals surface area (Å²) in [6.07, 6.45) is 0. The summed E-state index contributed by atoms with van der Waals surface area (Å²) in [6.45, 7) is 5.10. The second-order valence-electron chi connectivity index (χ2n) is 3.31. The molecule has 1 rings (SSSR count). The molecule has 2 N–H and O–H groups in total. The number of nitrogens with two attached hydrogens (primary N) is 1. The maximum Gasteiger partial charge on any atom is 0.340 e. The van der Waals surface area contributed by atoms with Gasteiger partial charge in [-0.2, -0.15) is 0 Å². The van der Waals surface area contributed by atoms with Gasteiger partial charge in [-0.15, -0.1) is 0 Å². The highest BCUT2D eigenvalue weighted by atomic mass is 19.1. The predicted octanol–water partition coefficient (Wildman–Crippen LogP) is 2.20. The van der Waals surface area contributed by atoms with E-state index in [2.05, 4.69) is 0 Å². The van der Waals surface area contributed by atoms with Gasteiger partial charge in [-0.25, -0.2) is 9.18 Å². The van der Waals surface area contributed by atoms with Crippen molar-refractivity contribution in [1.29, 1.82) is 0 Å². The first-order valence-electron chi connectivity index (χ1n) is 4.71. The van der Waals surface area contributed by atoms with Crippen LogP contribution in [0.5, 0.6) is 0 Å². The first-order chi connectivity index (χ1) is 6.99. The normalized spacial score (nSPS) is 10.1. The van der Waals surface area contributed by atoms with E-state index in [1.54, 1.807) is 13.8 Å². The lowest BCUT2D eigenvalue weighted by Gasteiger charge is -2.11. The van der Waals surface area contributed by atoms with Crippen molar-refractivity contribution in [3.05, 3.63) is 28.6 Å². The molecular weight excluding hydrogens is 197 g/mol. The fourth-order valence-electron chi connectivity index (χ4n) is 1.36. The summed E-state index contributed by atoms with van der Waals surface area (Å²) >= 11 is 0. The van der Waals surface area contributed by atoms with E-state index >= 15 is 0 Å². The fraction of sp³-hybridized carbons (Fsp3) is 0.364. The Balaban J connectivity index is 3.32. The largest absolute Gasteiger partial charge is 0.462 e. The standard InChI is InChI=1S/C11H14FNO2/c1-4-15-11(14)9-7(3)8(12)5-6(2)10(9)13/h5H,4,13H2,1-3H3. The van der Waals surface area contributed by atoms with Crippen LogP contribution in [0.1, 0.15) is 28.4 Å². The van der Waals surface area contributed by atoms with Crippen molar-refractivity contribution in [2.75, 3.05) is 12.3 Å². The molecule has 0 fully saturated rings. The lowest BCUT2D eigenvalue weighted by molar-refractivity contribution is 0.0526. The third-order valence-corrected chi connectivity index (χ3v) is 2.25. The second-order valence-corrected chi connectivity index (χ2v) is 3.31. The highest BCUT2D eigenvalue weighted by molar-refractivity contribution is 5.97. The van der Waals surface area contributed by atoms with Crippen LogP contribution in [-0.2, 0) is 4.74 Å². The first kappa shape index (κ1) is 11.5. The number of benzene rings is 1. The highest BCUT2D eigenvalue weighted by Crippen LogP contribution is 2.24. The van der Waals surface area contributed by atoms with E-state index in [1.807, 2.05) is 0 Å². The molecule has 82 valence electrons. The Morgan fingerprint density at radius 1 is 1.53 bits per heavy atom. The van der Waals surface area contributed by atoms with Crippen molar-refractivity contribution in [3.63, 3.8) is 0 Å². The number of esters is 1. The number of hydrogen-bond acceptors (Lipinski definition) is 3. The molecule has 0 bridgehead atoms. The predicted molar refractivity (Wildman–Crippen MR) is 56.2 cm³/mol. The van der Waals surface area contributed by atoms with Crippen LogP contribution >= 0.6 is 0 Å². The molecule has 0 amide bonds. The van der Waals surface area contributed by atoms with Crippen LogP contribution in [0, 0.1) is 19.7 Å². The average Bonchev–Trinajstić information content (AvgIpc) is 2.16. The molecular formula is C11H14FNO2. The summed E-state index contributed by atoms with van der Waals surface area (Å²) in [6, 6.07) is 1.31. The molecule has 0 spiro atoms. The zero-order valence-corrected chi connectivity index (χ0v) is 9.06. The molecule has 0 aliphatic heterocycles. The molecule has 0 heterocycles. The molecule has 0 aliphatic rings. The SMILES string of the molecule is CCOC(=O)c1c(C)c(F)cc(C)c1N. The Morgan fingerprint density at radius 2 is 2.13 bits per heavy atom. The summed E-state index contributed by atoms with van der Waals surface area (Å²) in [5.41, 5.74) is 6.91. The van der Waals surface area contributed by atoms with Crippen LogP contribution in [0.4, 0.5) is 10.1 Å². The van der Waals surface area contributed by atoms with Gasteiger partial charge in [0.2, 0.25) is 0 Å². The Labute approximate surface area is 88.0 Å². The zero-order valence-electron chi connectivity index (χ0n) is 9.06. The molecule has 3 nitrogen and oxygen atoms in total. The van der Waals surface area contributed by atoms with Crippen molar-refractivity contribution >= 4 is 11.7 Å². The van der Waals surface area contributed by atoms with Gasteiger partial charge < -0.3 is 10.5 Å². The van der Waals surface area contributed by atoms with E-state index in [9.17, 15) is 9.18 Å². The molecule has 0 aromatic heterocycles. The van der Waals surface area contributed by atoms with Gasteiger partial charge in [0.05, 0.1) is 12.2 Å². The van der Waals surface area contributed by atoms with Crippen molar-refractivity contribution in [2.45, 2.75) is 20.8 Å². The Bertz CT molecular complexity index is 376. The van der Waals surface area contributed by atoms with Crippen LogP contribution in [0.2, 0.25) is 0 Å². The summed E-state index contributed by atoms with van der Waals surface area (Å²) in [5, 5.41) is 0. The van der Waals surface area contributed by atoms with Gasteiger partial charge in [0, 0.05) is 11.3 Å². The van der Waals surface area contributed by atoms with E-state index in [0.717, 1.165) is 0 Å². The van der Waals surface area contributed by atoms with Gasteiger partial charge in [-0.1, -0.05) is 0 Å². The number of rotatable bonds is 2. The third kappa shape index (κ3) is 2.09. The summed E-state index contributed by atoms with van der Waals surface area (Å²) in [5.74, 6) is -1.01. The van der Waals surface area contributed by atoms with Gasteiger partial charge in [-0.3, -0.25) is 0 Å². The Kier molecular flexibility index (Phi) is 3.29. The molecule has 0 atom stereocenters. The molecule has 0 unspecified atom stereocenters. The van der Waals surface area contributed by atoms with Crippen LogP contribution in [0.15, 0.2) is 6.07 Å². The maximum absolute atomic E-state index is 13.4. The first-order valence-corrected chi connectivity index (χ1v) is 4.71. The van der Waals surface area contributed by atoms with Gasteiger partial charge in [0.15, 0.2) is 0 Å². The Morgan fingerprint density at radius 3 is 2.67 bits per heavy atom. The summed E-state index contributed by atoms with van der Waals surface area (Å²) in [4.78, 5) is 11.5. The molecule has 15 heavy (non-hydrogen) atoms. The smallest absolute Gasteiger partial charge is 0.340 e. The third-order valence-electron chi connectivity index (χ3n) is 2.25. The monoisotopic (exact) mass is 211 g/mol. The lowest BCUT2D eigenvalue weighted by atomic mass is 10.0. The topological polar surface area (TPSA) is 52.3 Å². The van der Waals surface area contributed by atoms with Crippen molar-refractivity contribution < 1.29 is 13.9 Å². The van der Waals surface area contributed by atoms with E-state index < -0.39 is 11.8 Å². The number of anilines is 1. The quantitative estimate of drug-likeness (QED) is 0.602. The zero-order chi connectivity index (χ0) is 11.6. The van der Waals surface area contributed by atoms with Gasteiger partial charge in [0.1, 0.15) is 5.82 Å². The van der Waals surface area contributed by atoms with Crippen LogP contribution in [-0.4, -0.2) is 12.6 Å². The molecule has 1 aromatic rings. The van der Waals surface area contributed by atoms with Crippen LogP contribution < -0.4 is 5.73 Å².